The fourth-order valence-corrected chi connectivity index (χ4v) is 7.59. The van der Waals surface area contributed by atoms with E-state index in [1.165, 1.54) is 154 Å². The maximum Gasteiger partial charge on any atom is 0.306 e. The number of unbranched alkanes of at least 4 members (excludes halogenated alkanes) is 28. The molecule has 0 saturated heterocycles. The predicted molar refractivity (Wildman–Crippen MR) is 275 cm³/mol. The zero-order valence-corrected chi connectivity index (χ0v) is 42.3. The van der Waals surface area contributed by atoms with E-state index in [0.29, 0.717) is 19.3 Å². The maximum absolute atomic E-state index is 12.8. The van der Waals surface area contributed by atoms with Gasteiger partial charge in [-0.1, -0.05) is 236 Å². The van der Waals surface area contributed by atoms with Crippen molar-refractivity contribution in [2.45, 2.75) is 277 Å². The highest BCUT2D eigenvalue weighted by molar-refractivity contribution is 5.71. The second-order valence-corrected chi connectivity index (χ2v) is 18.1. The SMILES string of the molecule is CCCC/C=C\CCCCCCCC(=O)OC[C@H](COC(=O)CCCCCCCCCCCCCCCCCCCC)OC(=O)CCC/C=C\C/C=C\C/C=C\C/C=C\CCCCC. The number of esters is 3. The number of hydrogen-bond acceptors (Lipinski definition) is 6. The first-order valence-corrected chi connectivity index (χ1v) is 27.3. The molecule has 0 rings (SSSR count). The highest BCUT2D eigenvalue weighted by Crippen LogP contribution is 2.16. The van der Waals surface area contributed by atoms with Crippen molar-refractivity contribution in [2.24, 2.45) is 0 Å². The van der Waals surface area contributed by atoms with Gasteiger partial charge < -0.3 is 14.2 Å². The second kappa shape index (κ2) is 52.7. The Morgan fingerprint density at radius 1 is 0.312 bits per heavy atom. The number of carbonyl (C=O) groups excluding carboxylic acids is 3. The van der Waals surface area contributed by atoms with E-state index in [2.05, 4.69) is 81.5 Å². The molecule has 0 aromatic heterocycles. The van der Waals surface area contributed by atoms with Crippen LogP contribution >= 0.6 is 0 Å². The van der Waals surface area contributed by atoms with Crippen LogP contribution in [0.25, 0.3) is 0 Å². The van der Waals surface area contributed by atoms with Crippen molar-refractivity contribution in [3.63, 3.8) is 0 Å². The van der Waals surface area contributed by atoms with Crippen LogP contribution in [0.3, 0.4) is 0 Å². The second-order valence-electron chi connectivity index (χ2n) is 18.1. The molecule has 0 amide bonds. The van der Waals surface area contributed by atoms with Gasteiger partial charge in [-0.25, -0.2) is 0 Å². The largest absolute Gasteiger partial charge is 0.462 e. The third kappa shape index (κ3) is 50.1. The van der Waals surface area contributed by atoms with E-state index in [1.807, 2.05) is 0 Å². The first-order valence-electron chi connectivity index (χ1n) is 27.3. The van der Waals surface area contributed by atoms with Crippen molar-refractivity contribution in [2.75, 3.05) is 13.2 Å². The lowest BCUT2D eigenvalue weighted by atomic mass is 10.0. The molecule has 0 aromatic rings. The van der Waals surface area contributed by atoms with Gasteiger partial charge in [0, 0.05) is 19.3 Å². The van der Waals surface area contributed by atoms with Crippen LogP contribution in [-0.2, 0) is 28.6 Å². The fraction of sp³-hybridized carbons (Fsp3) is 0.776. The molecule has 0 bridgehead atoms. The number of hydrogen-bond donors (Lipinski definition) is 0. The van der Waals surface area contributed by atoms with Gasteiger partial charge in [-0.2, -0.15) is 0 Å². The quantitative estimate of drug-likeness (QED) is 0.0262. The highest BCUT2D eigenvalue weighted by atomic mass is 16.6. The molecule has 0 fully saturated rings. The summed E-state index contributed by atoms with van der Waals surface area (Å²) in [6.07, 6.45) is 65.0. The Hall–Kier alpha value is -2.89. The first-order chi connectivity index (χ1) is 31.5. The summed E-state index contributed by atoms with van der Waals surface area (Å²) in [5.41, 5.74) is 0. The van der Waals surface area contributed by atoms with Crippen LogP contribution in [-0.4, -0.2) is 37.2 Å². The van der Waals surface area contributed by atoms with Crippen molar-refractivity contribution in [1.82, 2.24) is 0 Å². The monoisotopic (exact) mass is 895 g/mol. The van der Waals surface area contributed by atoms with Crippen LogP contribution in [0.5, 0.6) is 0 Å². The van der Waals surface area contributed by atoms with Gasteiger partial charge in [0.1, 0.15) is 13.2 Å². The topological polar surface area (TPSA) is 78.9 Å². The Morgan fingerprint density at radius 2 is 0.594 bits per heavy atom. The normalized spacial score (nSPS) is 12.5. The average Bonchev–Trinajstić information content (AvgIpc) is 3.29. The number of ether oxygens (including phenoxy) is 3. The minimum atomic E-state index is -0.803. The lowest BCUT2D eigenvalue weighted by Gasteiger charge is -2.18. The molecule has 0 spiro atoms. The lowest BCUT2D eigenvalue weighted by Crippen LogP contribution is -2.30. The standard InChI is InChI=1S/C58H102O6/c1-4-7-10-13-16-19-22-24-26-28-30-31-33-36-39-42-45-48-51-57(60)63-54-55(53-62-56(59)50-47-44-41-38-35-21-18-15-12-9-6-3)64-58(61)52-49-46-43-40-37-34-32-29-27-25-23-20-17-14-11-8-5-2/h15,17-18,20,25,27,32,34,40,43,55H,4-14,16,19,21-24,26,28-31,33,35-39,41-42,44-54H2,1-3H3/b18-15-,20-17-,27-25-,34-32-,43-40-/t55-/m1/s1. The summed E-state index contributed by atoms with van der Waals surface area (Å²) >= 11 is 0. The highest BCUT2D eigenvalue weighted by Gasteiger charge is 2.19. The zero-order chi connectivity index (χ0) is 46.5. The molecule has 0 aliphatic heterocycles. The van der Waals surface area contributed by atoms with Gasteiger partial charge in [0.2, 0.25) is 0 Å². The van der Waals surface area contributed by atoms with Crippen LogP contribution in [0.4, 0.5) is 0 Å². The van der Waals surface area contributed by atoms with Crippen LogP contribution in [0.2, 0.25) is 0 Å². The minimum Gasteiger partial charge on any atom is -0.462 e. The van der Waals surface area contributed by atoms with E-state index < -0.39 is 6.10 Å². The molecule has 370 valence electrons. The summed E-state index contributed by atoms with van der Waals surface area (Å²) in [4.78, 5) is 38.0. The molecule has 0 N–H and O–H groups in total. The van der Waals surface area contributed by atoms with E-state index in [4.69, 9.17) is 14.2 Å². The molecule has 0 aliphatic rings. The fourth-order valence-electron chi connectivity index (χ4n) is 7.59. The summed E-state index contributed by atoms with van der Waals surface area (Å²) in [6.45, 7) is 6.54. The lowest BCUT2D eigenvalue weighted by molar-refractivity contribution is -0.167. The Kier molecular flexibility index (Phi) is 50.4. The van der Waals surface area contributed by atoms with Crippen molar-refractivity contribution in [3.8, 4) is 0 Å². The van der Waals surface area contributed by atoms with E-state index in [9.17, 15) is 14.4 Å². The average molecular weight is 895 g/mol. The molecule has 0 radical (unpaired) electrons. The molecule has 1 atom stereocenters. The van der Waals surface area contributed by atoms with E-state index in [-0.39, 0.29) is 37.5 Å². The van der Waals surface area contributed by atoms with E-state index in [0.717, 1.165) is 70.6 Å². The Labute approximate surface area is 396 Å². The summed E-state index contributed by atoms with van der Waals surface area (Å²) in [7, 11) is 0. The first kappa shape index (κ1) is 61.1. The Morgan fingerprint density at radius 3 is 1.02 bits per heavy atom. The summed E-state index contributed by atoms with van der Waals surface area (Å²) in [5.74, 6) is -0.955. The molecule has 0 aliphatic carbocycles. The molecule has 64 heavy (non-hydrogen) atoms. The van der Waals surface area contributed by atoms with Gasteiger partial charge in [-0.15, -0.1) is 0 Å². The zero-order valence-electron chi connectivity index (χ0n) is 42.3. The van der Waals surface area contributed by atoms with Crippen molar-refractivity contribution in [3.05, 3.63) is 60.8 Å². The Balaban J connectivity index is 4.41. The maximum atomic E-state index is 12.8. The number of allylic oxidation sites excluding steroid dienone is 10. The van der Waals surface area contributed by atoms with Gasteiger partial charge in [-0.3, -0.25) is 14.4 Å². The number of rotatable bonds is 49. The van der Waals surface area contributed by atoms with Crippen LogP contribution < -0.4 is 0 Å². The molecular formula is C58H102O6. The van der Waals surface area contributed by atoms with Gasteiger partial charge in [-0.05, 0) is 77.0 Å². The van der Waals surface area contributed by atoms with Crippen LogP contribution in [0.1, 0.15) is 271 Å². The van der Waals surface area contributed by atoms with Crippen LogP contribution in [0, 0.1) is 0 Å². The van der Waals surface area contributed by atoms with Gasteiger partial charge in [0.25, 0.3) is 0 Å². The van der Waals surface area contributed by atoms with Gasteiger partial charge in [0.05, 0.1) is 0 Å². The van der Waals surface area contributed by atoms with Crippen molar-refractivity contribution >= 4 is 17.9 Å². The van der Waals surface area contributed by atoms with E-state index in [1.54, 1.807) is 0 Å². The van der Waals surface area contributed by atoms with Crippen molar-refractivity contribution in [1.29, 1.82) is 0 Å². The molecule has 6 nitrogen and oxygen atoms in total. The minimum absolute atomic E-state index is 0.0963. The summed E-state index contributed by atoms with van der Waals surface area (Å²) in [6, 6.07) is 0. The predicted octanol–water partition coefficient (Wildman–Crippen LogP) is 18.0. The summed E-state index contributed by atoms with van der Waals surface area (Å²) < 4.78 is 16.8. The third-order valence-corrected chi connectivity index (χ3v) is 11.7. The molecule has 0 saturated carbocycles. The molecule has 0 aromatic carbocycles. The smallest absolute Gasteiger partial charge is 0.306 e. The number of carbonyl (C=O) groups is 3. The van der Waals surface area contributed by atoms with Crippen LogP contribution in [0.15, 0.2) is 60.8 Å². The van der Waals surface area contributed by atoms with E-state index >= 15 is 0 Å². The summed E-state index contributed by atoms with van der Waals surface area (Å²) in [5, 5.41) is 0. The van der Waals surface area contributed by atoms with Crippen molar-refractivity contribution < 1.29 is 28.6 Å². The van der Waals surface area contributed by atoms with Gasteiger partial charge >= 0.3 is 17.9 Å². The molecule has 6 heteroatoms. The third-order valence-electron chi connectivity index (χ3n) is 11.7. The molecular weight excluding hydrogens is 793 g/mol. The van der Waals surface area contributed by atoms with Gasteiger partial charge in [0.15, 0.2) is 6.10 Å². The Bertz CT molecular complexity index is 1170. The molecule has 0 unspecified atom stereocenters. The molecule has 0 heterocycles.